The molecule has 0 spiro atoms. The van der Waals surface area contributed by atoms with Gasteiger partial charge < -0.3 is 10.6 Å². The van der Waals surface area contributed by atoms with Crippen LogP contribution in [0.2, 0.25) is 5.02 Å². The molecule has 1 heterocycles. The number of nitrogens with one attached hydrogen (secondary N) is 2. The summed E-state index contributed by atoms with van der Waals surface area (Å²) >= 11 is 6.02. The van der Waals surface area contributed by atoms with E-state index in [9.17, 15) is 14.4 Å². The Hall–Kier alpha value is -3.97. The average Bonchev–Trinajstić information content (AvgIpc) is 2.85. The maximum absolute atomic E-state index is 13.7. The molecule has 2 amide bonds. The highest BCUT2D eigenvalue weighted by Crippen LogP contribution is 2.28. The number of amides is 2. The number of hydrogen-bond acceptors (Lipinski definition) is 4. The van der Waals surface area contributed by atoms with Gasteiger partial charge in [-0.05, 0) is 54.4 Å². The van der Waals surface area contributed by atoms with Crippen molar-refractivity contribution in [3.8, 4) is 11.3 Å². The van der Waals surface area contributed by atoms with Crippen molar-refractivity contribution in [2.45, 2.75) is 33.2 Å². The predicted molar refractivity (Wildman–Crippen MR) is 140 cm³/mol. The van der Waals surface area contributed by atoms with Crippen LogP contribution in [0.5, 0.6) is 0 Å². The molecule has 2 N–H and O–H groups in total. The first-order chi connectivity index (χ1) is 16.9. The molecule has 0 unspecified atom stereocenters. The highest BCUT2D eigenvalue weighted by Gasteiger charge is 2.19. The summed E-state index contributed by atoms with van der Waals surface area (Å²) in [6.07, 6.45) is 1.05. The van der Waals surface area contributed by atoms with Gasteiger partial charge in [-0.25, -0.2) is 4.98 Å². The van der Waals surface area contributed by atoms with E-state index >= 15 is 0 Å². The van der Waals surface area contributed by atoms with Gasteiger partial charge in [-0.3, -0.25) is 19.0 Å². The third-order valence-electron chi connectivity index (χ3n) is 5.61. The van der Waals surface area contributed by atoms with Crippen LogP contribution in [-0.2, 0) is 22.6 Å². The Labute approximate surface area is 207 Å². The number of hydrogen-bond donors (Lipinski definition) is 2. The van der Waals surface area contributed by atoms with E-state index in [0.29, 0.717) is 39.4 Å². The maximum atomic E-state index is 13.7. The lowest BCUT2D eigenvalue weighted by molar-refractivity contribution is -0.117. The molecule has 0 aliphatic carbocycles. The molecule has 0 atom stereocenters. The van der Waals surface area contributed by atoms with Gasteiger partial charge in [0.05, 0.1) is 16.7 Å². The molecule has 3 aromatic carbocycles. The summed E-state index contributed by atoms with van der Waals surface area (Å²) in [5.74, 6) is -0.545. The second kappa shape index (κ2) is 10.5. The zero-order chi connectivity index (χ0) is 24.9. The van der Waals surface area contributed by atoms with Gasteiger partial charge >= 0.3 is 0 Å². The first-order valence-electron chi connectivity index (χ1n) is 11.4. The highest BCUT2D eigenvalue weighted by molar-refractivity contribution is 6.30. The van der Waals surface area contributed by atoms with Gasteiger partial charge in [-0.2, -0.15) is 0 Å². The van der Waals surface area contributed by atoms with Crippen molar-refractivity contribution >= 4 is 45.8 Å². The SMILES string of the molecule is CCC(=O)Nc1ccc(CC)cc1-c1nc2ccccc2n(CC(=O)Nc2cccc(Cl)c2)c1=O. The summed E-state index contributed by atoms with van der Waals surface area (Å²) in [4.78, 5) is 43.4. The third-order valence-corrected chi connectivity index (χ3v) is 5.84. The molecule has 0 radical (unpaired) electrons. The van der Waals surface area contributed by atoms with Gasteiger partial charge in [0.1, 0.15) is 12.2 Å². The monoisotopic (exact) mass is 488 g/mol. The van der Waals surface area contributed by atoms with Crippen LogP contribution in [0.25, 0.3) is 22.3 Å². The largest absolute Gasteiger partial charge is 0.325 e. The Morgan fingerprint density at radius 1 is 0.943 bits per heavy atom. The molecule has 7 nitrogen and oxygen atoms in total. The first-order valence-corrected chi connectivity index (χ1v) is 11.8. The zero-order valence-electron chi connectivity index (χ0n) is 19.5. The average molecular weight is 489 g/mol. The number of aryl methyl sites for hydroxylation is 1. The lowest BCUT2D eigenvalue weighted by Crippen LogP contribution is -2.30. The minimum atomic E-state index is -0.426. The molecule has 0 aliphatic rings. The van der Waals surface area contributed by atoms with Crippen molar-refractivity contribution in [3.63, 3.8) is 0 Å². The van der Waals surface area contributed by atoms with Crippen molar-refractivity contribution in [3.05, 3.63) is 87.7 Å². The van der Waals surface area contributed by atoms with Gasteiger partial charge in [0.25, 0.3) is 5.56 Å². The fourth-order valence-corrected chi connectivity index (χ4v) is 3.98. The van der Waals surface area contributed by atoms with Crippen LogP contribution in [0, 0.1) is 0 Å². The molecule has 0 bridgehead atoms. The van der Waals surface area contributed by atoms with E-state index < -0.39 is 5.56 Å². The summed E-state index contributed by atoms with van der Waals surface area (Å²) in [5, 5.41) is 6.14. The molecule has 0 fully saturated rings. The lowest BCUT2D eigenvalue weighted by atomic mass is 10.0. The molecular weight excluding hydrogens is 464 g/mol. The van der Waals surface area contributed by atoms with Crippen LogP contribution in [0.15, 0.2) is 71.5 Å². The van der Waals surface area contributed by atoms with Gasteiger partial charge in [0, 0.05) is 22.7 Å². The first kappa shape index (κ1) is 24.2. The van der Waals surface area contributed by atoms with E-state index in [2.05, 4.69) is 15.6 Å². The van der Waals surface area contributed by atoms with Crippen LogP contribution in [0.4, 0.5) is 11.4 Å². The molecule has 178 valence electrons. The molecule has 0 saturated carbocycles. The quantitative estimate of drug-likeness (QED) is 0.371. The number of anilines is 2. The van der Waals surface area contributed by atoms with Crippen LogP contribution in [0.3, 0.4) is 0 Å². The van der Waals surface area contributed by atoms with Crippen LogP contribution >= 0.6 is 11.6 Å². The molecule has 1 aromatic heterocycles. The summed E-state index contributed by atoms with van der Waals surface area (Å²) in [5.41, 5.74) is 3.39. The molecule has 0 aliphatic heterocycles. The molecule has 8 heteroatoms. The van der Waals surface area contributed by atoms with Gasteiger partial charge in [0.15, 0.2) is 0 Å². The normalized spacial score (nSPS) is 10.8. The second-order valence-electron chi connectivity index (χ2n) is 8.03. The smallest absolute Gasteiger partial charge is 0.278 e. The Kier molecular flexibility index (Phi) is 7.27. The van der Waals surface area contributed by atoms with Crippen molar-refractivity contribution < 1.29 is 9.59 Å². The van der Waals surface area contributed by atoms with E-state index in [-0.39, 0.29) is 24.1 Å². The van der Waals surface area contributed by atoms with Gasteiger partial charge in [0.2, 0.25) is 11.8 Å². The lowest BCUT2D eigenvalue weighted by Gasteiger charge is -2.15. The number of benzene rings is 3. The fourth-order valence-electron chi connectivity index (χ4n) is 3.79. The zero-order valence-corrected chi connectivity index (χ0v) is 20.2. The Bertz CT molecular complexity index is 1480. The van der Waals surface area contributed by atoms with E-state index in [1.54, 1.807) is 55.5 Å². The summed E-state index contributed by atoms with van der Waals surface area (Å²) in [7, 11) is 0. The highest BCUT2D eigenvalue weighted by atomic mass is 35.5. The molecule has 4 rings (SSSR count). The number of para-hydroxylation sites is 2. The number of nitrogens with zero attached hydrogens (tertiary/aromatic N) is 2. The predicted octanol–water partition coefficient (Wildman–Crippen LogP) is 5.27. The Morgan fingerprint density at radius 2 is 1.74 bits per heavy atom. The number of carbonyl (C=O) groups is 2. The fraction of sp³-hybridized carbons (Fsp3) is 0.185. The second-order valence-corrected chi connectivity index (χ2v) is 8.47. The van der Waals surface area contributed by atoms with Gasteiger partial charge in [-0.15, -0.1) is 0 Å². The Balaban J connectivity index is 1.83. The number of halogens is 1. The van der Waals surface area contributed by atoms with E-state index in [4.69, 9.17) is 11.6 Å². The van der Waals surface area contributed by atoms with Crippen LogP contribution in [0.1, 0.15) is 25.8 Å². The number of carbonyl (C=O) groups excluding carboxylic acids is 2. The number of rotatable bonds is 7. The number of aromatic nitrogens is 2. The topological polar surface area (TPSA) is 93.1 Å². The minimum absolute atomic E-state index is 0.168. The molecule has 4 aromatic rings. The summed E-state index contributed by atoms with van der Waals surface area (Å²) in [6, 6.07) is 19.5. The van der Waals surface area contributed by atoms with Crippen LogP contribution in [-0.4, -0.2) is 21.4 Å². The van der Waals surface area contributed by atoms with Crippen molar-refractivity contribution in [2.24, 2.45) is 0 Å². The summed E-state index contributed by atoms with van der Waals surface area (Å²) < 4.78 is 1.40. The maximum Gasteiger partial charge on any atom is 0.278 e. The van der Waals surface area contributed by atoms with E-state index in [0.717, 1.165) is 12.0 Å². The van der Waals surface area contributed by atoms with Crippen molar-refractivity contribution in [1.82, 2.24) is 9.55 Å². The standard InChI is InChI=1S/C27H25ClN4O3/c1-3-17-12-13-21(30-24(33)4-2)20(14-17)26-27(35)32(23-11-6-5-10-22(23)31-26)16-25(34)29-19-9-7-8-18(28)15-19/h5-15H,3-4,16H2,1-2H3,(H,29,34)(H,30,33). The van der Waals surface area contributed by atoms with Crippen LogP contribution < -0.4 is 16.2 Å². The third kappa shape index (κ3) is 5.41. The molecule has 0 saturated heterocycles. The number of fused-ring (bicyclic) bond motifs is 1. The molecular formula is C27H25ClN4O3. The Morgan fingerprint density at radius 3 is 2.49 bits per heavy atom. The van der Waals surface area contributed by atoms with Crippen molar-refractivity contribution in [2.75, 3.05) is 10.6 Å². The van der Waals surface area contributed by atoms with Crippen molar-refractivity contribution in [1.29, 1.82) is 0 Å². The van der Waals surface area contributed by atoms with E-state index in [1.165, 1.54) is 4.57 Å². The van der Waals surface area contributed by atoms with Gasteiger partial charge in [-0.1, -0.05) is 49.7 Å². The van der Waals surface area contributed by atoms with E-state index in [1.807, 2.05) is 25.1 Å². The summed E-state index contributed by atoms with van der Waals surface area (Å²) in [6.45, 7) is 3.55. The minimum Gasteiger partial charge on any atom is -0.325 e. The molecule has 35 heavy (non-hydrogen) atoms.